The van der Waals surface area contributed by atoms with Gasteiger partial charge < -0.3 is 15.5 Å². The van der Waals surface area contributed by atoms with Crippen LogP contribution in [0, 0.1) is 5.92 Å². The first-order chi connectivity index (χ1) is 9.08. The number of carboxylic acid groups (broad SMARTS) is 2. The summed E-state index contributed by atoms with van der Waals surface area (Å²) in [5, 5.41) is 21.2. The third-order valence-electron chi connectivity index (χ3n) is 3.88. The number of carboxylic acids is 2. The zero-order valence-corrected chi connectivity index (χ0v) is 10.0. The third-order valence-corrected chi connectivity index (χ3v) is 3.88. The number of hydrogen-bond donors (Lipinski definition) is 3. The molecule has 3 unspecified atom stereocenters. The van der Waals surface area contributed by atoms with Gasteiger partial charge in [0.2, 0.25) is 0 Å². The first-order valence-electron chi connectivity index (χ1n) is 6.11. The maximum atomic E-state index is 11.3. The van der Waals surface area contributed by atoms with Crippen molar-refractivity contribution in [2.75, 3.05) is 5.32 Å². The topological polar surface area (TPSA) is 86.6 Å². The summed E-state index contributed by atoms with van der Waals surface area (Å²) < 4.78 is 0. The molecule has 0 saturated carbocycles. The molecule has 5 nitrogen and oxygen atoms in total. The molecule has 1 aliphatic heterocycles. The minimum Gasteiger partial charge on any atom is -0.480 e. The van der Waals surface area contributed by atoms with Crippen molar-refractivity contribution < 1.29 is 19.8 Å². The Bertz CT molecular complexity index is 593. The van der Waals surface area contributed by atoms with Gasteiger partial charge in [0.15, 0.2) is 0 Å². The monoisotopic (exact) mass is 259 g/mol. The SMILES string of the molecule is O=C(O)c1ccc2c(c1)NC(C(=O)O)C1CC=CC21. The molecule has 0 fully saturated rings. The highest BCUT2D eigenvalue weighted by Gasteiger charge is 2.40. The van der Waals surface area contributed by atoms with Gasteiger partial charge >= 0.3 is 11.9 Å². The molecular formula is C14H13NO4. The van der Waals surface area contributed by atoms with Gasteiger partial charge in [-0.3, -0.25) is 0 Å². The van der Waals surface area contributed by atoms with Gasteiger partial charge in [-0.15, -0.1) is 0 Å². The van der Waals surface area contributed by atoms with Crippen LogP contribution in [-0.2, 0) is 4.79 Å². The number of aliphatic carboxylic acids is 1. The Balaban J connectivity index is 2.07. The van der Waals surface area contributed by atoms with Crippen LogP contribution in [0.4, 0.5) is 5.69 Å². The molecule has 19 heavy (non-hydrogen) atoms. The van der Waals surface area contributed by atoms with Crippen LogP contribution in [0.2, 0.25) is 0 Å². The van der Waals surface area contributed by atoms with Crippen LogP contribution in [0.3, 0.4) is 0 Å². The number of fused-ring (bicyclic) bond motifs is 3. The molecule has 0 aromatic heterocycles. The highest BCUT2D eigenvalue weighted by atomic mass is 16.4. The lowest BCUT2D eigenvalue weighted by Crippen LogP contribution is -2.41. The summed E-state index contributed by atoms with van der Waals surface area (Å²) in [5.41, 5.74) is 1.75. The fraction of sp³-hybridized carbons (Fsp3) is 0.286. The van der Waals surface area contributed by atoms with Crippen molar-refractivity contribution in [3.8, 4) is 0 Å². The Kier molecular flexibility index (Phi) is 2.55. The fourth-order valence-corrected chi connectivity index (χ4v) is 2.97. The maximum Gasteiger partial charge on any atom is 0.335 e. The molecule has 98 valence electrons. The molecule has 5 heteroatoms. The molecular weight excluding hydrogens is 246 g/mol. The Hall–Kier alpha value is -2.30. The number of rotatable bonds is 2. The van der Waals surface area contributed by atoms with Crippen LogP contribution in [0.15, 0.2) is 30.4 Å². The molecule has 0 radical (unpaired) electrons. The fourth-order valence-electron chi connectivity index (χ4n) is 2.97. The Morgan fingerprint density at radius 1 is 1.26 bits per heavy atom. The summed E-state index contributed by atoms with van der Waals surface area (Å²) in [5.74, 6) is -1.86. The second kappa shape index (κ2) is 4.12. The summed E-state index contributed by atoms with van der Waals surface area (Å²) in [4.78, 5) is 22.3. The zero-order valence-electron chi connectivity index (χ0n) is 10.0. The van der Waals surface area contributed by atoms with E-state index in [0.29, 0.717) is 5.69 Å². The summed E-state index contributed by atoms with van der Waals surface area (Å²) in [6.45, 7) is 0. The maximum absolute atomic E-state index is 11.3. The van der Waals surface area contributed by atoms with E-state index in [0.717, 1.165) is 12.0 Å². The first-order valence-corrected chi connectivity index (χ1v) is 6.11. The lowest BCUT2D eigenvalue weighted by Gasteiger charge is -2.34. The van der Waals surface area contributed by atoms with Crippen molar-refractivity contribution in [3.05, 3.63) is 41.5 Å². The van der Waals surface area contributed by atoms with Crippen molar-refractivity contribution in [1.29, 1.82) is 0 Å². The molecule has 3 atom stereocenters. The number of nitrogens with one attached hydrogen (secondary N) is 1. The van der Waals surface area contributed by atoms with E-state index in [-0.39, 0.29) is 17.4 Å². The minimum absolute atomic E-state index is 0.000628. The van der Waals surface area contributed by atoms with Crippen molar-refractivity contribution in [3.63, 3.8) is 0 Å². The van der Waals surface area contributed by atoms with Gasteiger partial charge in [0.25, 0.3) is 0 Å². The first kappa shape index (κ1) is 11.8. The molecule has 3 rings (SSSR count). The van der Waals surface area contributed by atoms with Crippen LogP contribution < -0.4 is 5.32 Å². The van der Waals surface area contributed by atoms with E-state index >= 15 is 0 Å². The van der Waals surface area contributed by atoms with Gasteiger partial charge in [-0.25, -0.2) is 9.59 Å². The van der Waals surface area contributed by atoms with E-state index in [1.54, 1.807) is 12.1 Å². The summed E-state index contributed by atoms with van der Waals surface area (Å²) >= 11 is 0. The van der Waals surface area contributed by atoms with Gasteiger partial charge in [-0.2, -0.15) is 0 Å². The Morgan fingerprint density at radius 2 is 2.05 bits per heavy atom. The molecule has 0 bridgehead atoms. The largest absolute Gasteiger partial charge is 0.480 e. The molecule has 1 aliphatic carbocycles. The Morgan fingerprint density at radius 3 is 2.74 bits per heavy atom. The van der Waals surface area contributed by atoms with Gasteiger partial charge in [0.1, 0.15) is 6.04 Å². The van der Waals surface area contributed by atoms with Crippen LogP contribution in [0.5, 0.6) is 0 Å². The predicted molar refractivity (Wildman–Crippen MR) is 68.4 cm³/mol. The van der Waals surface area contributed by atoms with E-state index in [1.807, 2.05) is 12.2 Å². The van der Waals surface area contributed by atoms with E-state index in [2.05, 4.69) is 5.32 Å². The number of allylic oxidation sites excluding steroid dienone is 2. The van der Waals surface area contributed by atoms with Gasteiger partial charge in [0, 0.05) is 17.5 Å². The number of hydrogen-bond acceptors (Lipinski definition) is 3. The molecule has 0 spiro atoms. The second-order valence-electron chi connectivity index (χ2n) is 4.92. The standard InChI is InChI=1S/C14H13NO4/c16-13(17)7-4-5-9-8-2-1-3-10(8)12(14(18)19)15-11(9)6-7/h1-2,4-6,8,10,12,15H,3H2,(H,16,17)(H,18,19). The minimum atomic E-state index is -1.01. The van der Waals surface area contributed by atoms with Crippen LogP contribution >= 0.6 is 0 Å². The van der Waals surface area contributed by atoms with Gasteiger partial charge in [-0.1, -0.05) is 18.2 Å². The van der Waals surface area contributed by atoms with E-state index < -0.39 is 18.0 Å². The van der Waals surface area contributed by atoms with Crippen LogP contribution in [0.25, 0.3) is 0 Å². The van der Waals surface area contributed by atoms with E-state index in [1.165, 1.54) is 6.07 Å². The van der Waals surface area contributed by atoms with Crippen LogP contribution in [-0.4, -0.2) is 28.2 Å². The quantitative estimate of drug-likeness (QED) is 0.706. The van der Waals surface area contributed by atoms with Crippen molar-refractivity contribution in [1.82, 2.24) is 0 Å². The average molecular weight is 259 g/mol. The highest BCUT2D eigenvalue weighted by Crippen LogP contribution is 2.44. The van der Waals surface area contributed by atoms with E-state index in [9.17, 15) is 14.7 Å². The molecule has 3 N–H and O–H groups in total. The average Bonchev–Trinajstić information content (AvgIpc) is 2.85. The molecule has 0 amide bonds. The lowest BCUT2D eigenvalue weighted by atomic mass is 9.79. The zero-order chi connectivity index (χ0) is 13.6. The molecule has 0 saturated heterocycles. The highest BCUT2D eigenvalue weighted by molar-refractivity contribution is 5.90. The summed E-state index contributed by atoms with van der Waals surface area (Å²) in [7, 11) is 0. The normalized spacial score (nSPS) is 27.3. The molecule has 2 aliphatic rings. The van der Waals surface area contributed by atoms with Crippen LogP contribution in [0.1, 0.15) is 28.3 Å². The number of benzene rings is 1. The molecule has 1 heterocycles. The van der Waals surface area contributed by atoms with Crippen molar-refractivity contribution in [2.45, 2.75) is 18.4 Å². The van der Waals surface area contributed by atoms with Gasteiger partial charge in [-0.05, 0) is 24.1 Å². The number of aromatic carboxylic acids is 1. The van der Waals surface area contributed by atoms with Crippen molar-refractivity contribution in [2.24, 2.45) is 5.92 Å². The third kappa shape index (κ3) is 1.78. The summed E-state index contributed by atoms with van der Waals surface area (Å²) in [6.07, 6.45) is 4.74. The molecule has 1 aromatic carbocycles. The van der Waals surface area contributed by atoms with Crippen molar-refractivity contribution >= 4 is 17.6 Å². The van der Waals surface area contributed by atoms with E-state index in [4.69, 9.17) is 5.11 Å². The predicted octanol–water partition coefficient (Wildman–Crippen LogP) is 1.92. The second-order valence-corrected chi connectivity index (χ2v) is 4.92. The Labute approximate surface area is 109 Å². The lowest BCUT2D eigenvalue weighted by molar-refractivity contribution is -0.139. The van der Waals surface area contributed by atoms with Gasteiger partial charge in [0.05, 0.1) is 5.56 Å². The molecule has 1 aromatic rings. The number of anilines is 1. The smallest absolute Gasteiger partial charge is 0.335 e. The number of carbonyl (C=O) groups is 2. The summed E-state index contributed by atoms with van der Waals surface area (Å²) in [6, 6.07) is 4.18.